The van der Waals surface area contributed by atoms with E-state index in [-0.39, 0.29) is 19.0 Å². The van der Waals surface area contributed by atoms with Gasteiger partial charge in [-0.2, -0.15) is 8.78 Å². The minimum atomic E-state index is -3.11. The zero-order chi connectivity index (χ0) is 14.6. The Kier molecular flexibility index (Phi) is 2.99. The number of halogens is 3. The Morgan fingerprint density at radius 1 is 1.45 bits per heavy atom. The van der Waals surface area contributed by atoms with E-state index in [1.54, 1.807) is 6.08 Å². The van der Waals surface area contributed by atoms with E-state index in [1.165, 1.54) is 0 Å². The van der Waals surface area contributed by atoms with Crippen LogP contribution in [0.15, 0.2) is 27.2 Å². The molecule has 0 amide bonds. The molecule has 2 aliphatic heterocycles. The number of nitrogens with two attached hydrogens (primary N) is 1. The molecule has 0 aromatic rings. The van der Waals surface area contributed by atoms with E-state index < -0.39 is 23.7 Å². The van der Waals surface area contributed by atoms with Crippen molar-refractivity contribution in [3.8, 4) is 0 Å². The van der Waals surface area contributed by atoms with E-state index in [9.17, 15) is 8.78 Å². The highest BCUT2D eigenvalue weighted by atomic mass is 79.9. The first-order chi connectivity index (χ1) is 9.29. The van der Waals surface area contributed by atoms with Gasteiger partial charge in [0.15, 0.2) is 12.1 Å². The molecule has 7 heteroatoms. The molecule has 0 saturated carbocycles. The van der Waals surface area contributed by atoms with Crippen LogP contribution in [0.25, 0.3) is 0 Å². The Labute approximate surface area is 123 Å². The number of aliphatic imine (C=N–C) groups is 1. The molecule has 4 nitrogen and oxygen atoms in total. The van der Waals surface area contributed by atoms with Crippen molar-refractivity contribution in [1.82, 2.24) is 0 Å². The van der Waals surface area contributed by atoms with E-state index in [0.717, 1.165) is 4.48 Å². The van der Waals surface area contributed by atoms with Crippen molar-refractivity contribution in [2.75, 3.05) is 13.2 Å². The van der Waals surface area contributed by atoms with E-state index in [4.69, 9.17) is 15.2 Å². The van der Waals surface area contributed by atoms with Gasteiger partial charge in [-0.1, -0.05) is 22.0 Å². The number of nitrogens with zero attached hydrogens (tertiary/aromatic N) is 1. The van der Waals surface area contributed by atoms with Gasteiger partial charge in [0.25, 0.3) is 6.02 Å². The highest BCUT2D eigenvalue weighted by Crippen LogP contribution is 2.53. The van der Waals surface area contributed by atoms with Gasteiger partial charge >= 0.3 is 5.92 Å². The van der Waals surface area contributed by atoms with Crippen molar-refractivity contribution in [1.29, 1.82) is 0 Å². The van der Waals surface area contributed by atoms with E-state index in [2.05, 4.69) is 20.9 Å². The summed E-state index contributed by atoms with van der Waals surface area (Å²) in [7, 11) is 0. The molecular formula is C13H15BrF2N2O2. The number of rotatable bonds is 0. The minimum Gasteiger partial charge on any atom is -0.459 e. The summed E-state index contributed by atoms with van der Waals surface area (Å²) in [4.78, 5) is 4.02. The van der Waals surface area contributed by atoms with Gasteiger partial charge < -0.3 is 15.2 Å². The third kappa shape index (κ3) is 1.83. The monoisotopic (exact) mass is 348 g/mol. The third-order valence-electron chi connectivity index (χ3n) is 4.18. The van der Waals surface area contributed by atoms with Crippen LogP contribution in [-0.2, 0) is 9.47 Å². The Morgan fingerprint density at radius 3 is 2.95 bits per heavy atom. The lowest BCUT2D eigenvalue weighted by molar-refractivity contribution is -0.150. The van der Waals surface area contributed by atoms with Crippen molar-refractivity contribution >= 4 is 22.0 Å². The van der Waals surface area contributed by atoms with Crippen LogP contribution in [0.2, 0.25) is 0 Å². The second kappa shape index (κ2) is 4.27. The second-order valence-corrected chi connectivity index (χ2v) is 6.40. The SMILES string of the molecule is CC12CC=C(Br)C=C1[C@@]1(CCO2)N=C(N)OCC1(F)F. The van der Waals surface area contributed by atoms with Crippen LogP contribution in [-0.4, -0.2) is 36.3 Å². The molecule has 2 atom stereocenters. The highest BCUT2D eigenvalue weighted by Gasteiger charge is 2.64. The van der Waals surface area contributed by atoms with Crippen LogP contribution in [0.3, 0.4) is 0 Å². The van der Waals surface area contributed by atoms with Crippen molar-refractivity contribution in [2.45, 2.75) is 36.8 Å². The molecule has 1 saturated heterocycles. The van der Waals surface area contributed by atoms with E-state index in [1.807, 2.05) is 13.0 Å². The van der Waals surface area contributed by atoms with Gasteiger partial charge in [-0.3, -0.25) is 0 Å². The molecule has 1 fully saturated rings. The fourth-order valence-corrected chi connectivity index (χ4v) is 3.48. The lowest BCUT2D eigenvalue weighted by Crippen LogP contribution is -2.63. The summed E-state index contributed by atoms with van der Waals surface area (Å²) in [5.41, 5.74) is 3.57. The molecular weight excluding hydrogens is 334 g/mol. The maximum absolute atomic E-state index is 14.6. The van der Waals surface area contributed by atoms with Crippen LogP contribution in [0, 0.1) is 0 Å². The van der Waals surface area contributed by atoms with Gasteiger partial charge in [0.2, 0.25) is 0 Å². The molecule has 1 aliphatic carbocycles. The molecule has 0 bridgehead atoms. The summed E-state index contributed by atoms with van der Waals surface area (Å²) in [5.74, 6) is -3.11. The molecule has 3 rings (SSSR count). The fourth-order valence-electron chi connectivity index (χ4n) is 3.09. The lowest BCUT2D eigenvalue weighted by atomic mass is 9.69. The number of fused-ring (bicyclic) bond motifs is 2. The summed E-state index contributed by atoms with van der Waals surface area (Å²) in [6.07, 6.45) is 4.20. The predicted molar refractivity (Wildman–Crippen MR) is 73.9 cm³/mol. The summed E-state index contributed by atoms with van der Waals surface area (Å²) < 4.78 is 40.4. The molecule has 1 spiro atoms. The molecule has 20 heavy (non-hydrogen) atoms. The zero-order valence-corrected chi connectivity index (χ0v) is 12.5. The van der Waals surface area contributed by atoms with Crippen LogP contribution in [0.5, 0.6) is 0 Å². The topological polar surface area (TPSA) is 56.8 Å². The molecule has 0 radical (unpaired) electrons. The van der Waals surface area contributed by atoms with Crippen molar-refractivity contribution in [3.63, 3.8) is 0 Å². The van der Waals surface area contributed by atoms with Gasteiger partial charge in [-0.15, -0.1) is 0 Å². The quantitative estimate of drug-likeness (QED) is 0.731. The van der Waals surface area contributed by atoms with Gasteiger partial charge in [-0.25, -0.2) is 4.99 Å². The minimum absolute atomic E-state index is 0.0891. The lowest BCUT2D eigenvalue weighted by Gasteiger charge is -2.51. The Balaban J connectivity index is 2.20. The summed E-state index contributed by atoms with van der Waals surface area (Å²) in [5, 5.41) is 0. The zero-order valence-electron chi connectivity index (χ0n) is 11.0. The Hall–Kier alpha value is -0.950. The van der Waals surface area contributed by atoms with Crippen molar-refractivity contribution < 1.29 is 18.3 Å². The molecule has 110 valence electrons. The molecule has 0 aromatic carbocycles. The number of hydrogen-bond donors (Lipinski definition) is 1. The Morgan fingerprint density at radius 2 is 2.20 bits per heavy atom. The molecule has 2 heterocycles. The van der Waals surface area contributed by atoms with E-state index in [0.29, 0.717) is 12.0 Å². The van der Waals surface area contributed by atoms with Gasteiger partial charge in [0.1, 0.15) is 0 Å². The Bertz CT molecular complexity index is 546. The average Bonchev–Trinajstić information content (AvgIpc) is 2.37. The summed E-state index contributed by atoms with van der Waals surface area (Å²) >= 11 is 3.35. The van der Waals surface area contributed by atoms with Crippen LogP contribution >= 0.6 is 15.9 Å². The maximum atomic E-state index is 14.6. The average molecular weight is 349 g/mol. The first kappa shape index (κ1) is 14.0. The first-order valence-corrected chi connectivity index (χ1v) is 7.17. The third-order valence-corrected chi connectivity index (χ3v) is 4.73. The number of hydrogen-bond acceptors (Lipinski definition) is 4. The van der Waals surface area contributed by atoms with Crippen LogP contribution in [0.1, 0.15) is 19.8 Å². The maximum Gasteiger partial charge on any atom is 0.310 e. The van der Waals surface area contributed by atoms with Gasteiger partial charge in [0.05, 0.1) is 12.2 Å². The highest BCUT2D eigenvalue weighted by molar-refractivity contribution is 9.11. The smallest absolute Gasteiger partial charge is 0.310 e. The standard InChI is InChI=1S/C13H15BrF2N2O2/c1-11-3-2-8(14)6-9(11)12(4-5-20-11)13(15,16)7-19-10(17)18-12/h2,6H,3-5,7H2,1H3,(H2,17,18)/t11?,12-/m1/s1. The fraction of sp³-hybridized carbons (Fsp3) is 0.615. The molecule has 2 N–H and O–H groups in total. The summed E-state index contributed by atoms with van der Waals surface area (Å²) in [6, 6.07) is -0.188. The van der Waals surface area contributed by atoms with Crippen molar-refractivity contribution in [3.05, 3.63) is 22.2 Å². The number of allylic oxidation sites excluding steroid dienone is 2. The molecule has 3 aliphatic rings. The van der Waals surface area contributed by atoms with Crippen molar-refractivity contribution in [2.24, 2.45) is 10.7 Å². The van der Waals surface area contributed by atoms with Crippen LogP contribution in [0.4, 0.5) is 8.78 Å². The number of amidine groups is 1. The van der Waals surface area contributed by atoms with Crippen LogP contribution < -0.4 is 5.73 Å². The second-order valence-electron chi connectivity index (χ2n) is 5.48. The summed E-state index contributed by atoms with van der Waals surface area (Å²) in [6.45, 7) is 1.27. The number of ether oxygens (including phenoxy) is 2. The largest absolute Gasteiger partial charge is 0.459 e. The van der Waals surface area contributed by atoms with Gasteiger partial charge in [-0.05, 0) is 25.0 Å². The molecule has 0 aromatic heterocycles. The molecule has 1 unspecified atom stereocenters. The predicted octanol–water partition coefficient (Wildman–Crippen LogP) is 2.49. The van der Waals surface area contributed by atoms with E-state index >= 15 is 0 Å². The normalized spacial score (nSPS) is 39.3. The first-order valence-electron chi connectivity index (χ1n) is 6.37. The van der Waals surface area contributed by atoms with Gasteiger partial charge in [0, 0.05) is 10.9 Å². The number of alkyl halides is 2.